The molecule has 0 saturated heterocycles. The second kappa shape index (κ2) is 11.0. The van der Waals surface area contributed by atoms with E-state index < -0.39 is 11.9 Å². The molecule has 3 amide bonds. The molecule has 0 aliphatic rings. The van der Waals surface area contributed by atoms with Crippen molar-refractivity contribution in [1.82, 2.24) is 25.4 Å². The van der Waals surface area contributed by atoms with Gasteiger partial charge in [0, 0.05) is 6.54 Å². The summed E-state index contributed by atoms with van der Waals surface area (Å²) in [6.45, 7) is 3.09. The van der Waals surface area contributed by atoms with Crippen LogP contribution in [-0.4, -0.2) is 39.0 Å². The third kappa shape index (κ3) is 6.20. The van der Waals surface area contributed by atoms with Gasteiger partial charge >= 0.3 is 6.03 Å². The largest absolute Gasteiger partial charge is 0.446 e. The molecule has 0 fully saturated rings. The lowest BCUT2D eigenvalue weighted by Crippen LogP contribution is -2.40. The van der Waals surface area contributed by atoms with Crippen LogP contribution in [0.3, 0.4) is 0 Å². The molecule has 0 spiro atoms. The number of imide groups is 1. The summed E-state index contributed by atoms with van der Waals surface area (Å²) in [7, 11) is 0. The highest BCUT2D eigenvalue weighted by Crippen LogP contribution is 2.28. The minimum atomic E-state index is -0.485. The summed E-state index contributed by atoms with van der Waals surface area (Å²) in [6.07, 6.45) is 1.83. The van der Waals surface area contributed by atoms with Gasteiger partial charge in [0.05, 0.1) is 12.3 Å². The van der Waals surface area contributed by atoms with Gasteiger partial charge in [-0.2, -0.15) is 0 Å². The molecule has 8 nitrogen and oxygen atoms in total. The predicted molar refractivity (Wildman–Crippen MR) is 118 cm³/mol. The fourth-order valence-corrected chi connectivity index (χ4v) is 3.68. The van der Waals surface area contributed by atoms with E-state index in [1.807, 2.05) is 41.8 Å². The maximum atomic E-state index is 12.1. The third-order valence-electron chi connectivity index (χ3n) is 4.10. The molecule has 1 aromatic carbocycles. The van der Waals surface area contributed by atoms with E-state index in [9.17, 15) is 9.59 Å². The Labute approximate surface area is 186 Å². The lowest BCUT2D eigenvalue weighted by Gasteiger charge is -2.09. The number of carbonyl (C=O) groups is 2. The van der Waals surface area contributed by atoms with Gasteiger partial charge in [-0.05, 0) is 40.0 Å². The maximum absolute atomic E-state index is 12.1. The topological polar surface area (TPSA) is 102 Å². The molecule has 0 atom stereocenters. The first kappa shape index (κ1) is 22.1. The molecule has 3 rings (SSSR count). The van der Waals surface area contributed by atoms with Gasteiger partial charge in [0.15, 0.2) is 15.6 Å². The summed E-state index contributed by atoms with van der Waals surface area (Å²) in [4.78, 5) is 23.9. The van der Waals surface area contributed by atoms with Crippen molar-refractivity contribution in [2.24, 2.45) is 0 Å². The lowest BCUT2D eigenvalue weighted by molar-refractivity contribution is -0.117. The van der Waals surface area contributed by atoms with Gasteiger partial charge in [-0.3, -0.25) is 14.7 Å². The molecular formula is C20H22BrN5O3S. The zero-order chi connectivity index (χ0) is 21.3. The van der Waals surface area contributed by atoms with Crippen LogP contribution in [0.1, 0.15) is 25.3 Å². The Kier molecular flexibility index (Phi) is 8.09. The number of nitrogens with zero attached hydrogens (tertiary/aromatic N) is 3. The van der Waals surface area contributed by atoms with Crippen molar-refractivity contribution in [3.63, 3.8) is 0 Å². The number of urea groups is 1. The van der Waals surface area contributed by atoms with Crippen LogP contribution in [0.25, 0.3) is 11.6 Å². The number of benzene rings is 1. The predicted octanol–water partition coefficient (Wildman–Crippen LogP) is 4.07. The van der Waals surface area contributed by atoms with Crippen LogP contribution < -0.4 is 10.6 Å². The summed E-state index contributed by atoms with van der Waals surface area (Å²) in [5, 5.41) is 14.0. The Morgan fingerprint density at radius 2 is 1.97 bits per heavy atom. The van der Waals surface area contributed by atoms with Gasteiger partial charge in [-0.15, -0.1) is 10.2 Å². The summed E-state index contributed by atoms with van der Waals surface area (Å²) < 4.78 is 8.12. The summed E-state index contributed by atoms with van der Waals surface area (Å²) in [5.41, 5.74) is 1.06. The number of thioether (sulfide) groups is 1. The first-order chi connectivity index (χ1) is 14.6. The molecule has 158 valence electrons. The normalized spacial score (nSPS) is 10.7. The molecule has 0 aliphatic heterocycles. The molecule has 0 saturated carbocycles. The van der Waals surface area contributed by atoms with Crippen molar-refractivity contribution in [2.75, 3.05) is 12.3 Å². The van der Waals surface area contributed by atoms with E-state index in [1.165, 1.54) is 11.8 Å². The summed E-state index contributed by atoms with van der Waals surface area (Å²) in [6, 6.07) is 13.0. The monoisotopic (exact) mass is 491 g/mol. The second-order valence-electron chi connectivity index (χ2n) is 6.43. The van der Waals surface area contributed by atoms with Gasteiger partial charge in [0.2, 0.25) is 11.7 Å². The molecule has 2 aromatic heterocycles. The number of nitrogens with one attached hydrogen (secondary N) is 2. The second-order valence-corrected chi connectivity index (χ2v) is 8.15. The number of amides is 3. The van der Waals surface area contributed by atoms with E-state index in [0.29, 0.717) is 34.5 Å². The highest BCUT2D eigenvalue weighted by Gasteiger charge is 2.19. The number of hydrogen-bond donors (Lipinski definition) is 2. The number of unbranched alkanes of at least 4 members (excludes halogenated alkanes) is 1. The van der Waals surface area contributed by atoms with Crippen LogP contribution in [0.2, 0.25) is 0 Å². The minimum absolute atomic E-state index is 0.0377. The van der Waals surface area contributed by atoms with E-state index in [-0.39, 0.29) is 5.75 Å². The van der Waals surface area contributed by atoms with Crippen LogP contribution >= 0.6 is 27.7 Å². The number of carbonyl (C=O) groups excluding carboxylic acids is 2. The van der Waals surface area contributed by atoms with Gasteiger partial charge in [0.25, 0.3) is 0 Å². The van der Waals surface area contributed by atoms with Crippen LogP contribution in [0.15, 0.2) is 56.7 Å². The Hall–Kier alpha value is -2.59. The molecule has 10 heteroatoms. The maximum Gasteiger partial charge on any atom is 0.321 e. The van der Waals surface area contributed by atoms with Crippen LogP contribution in [-0.2, 0) is 11.3 Å². The van der Waals surface area contributed by atoms with Gasteiger partial charge < -0.3 is 9.73 Å². The highest BCUT2D eigenvalue weighted by molar-refractivity contribution is 9.10. The third-order valence-corrected chi connectivity index (χ3v) is 5.49. The van der Waals surface area contributed by atoms with E-state index >= 15 is 0 Å². The van der Waals surface area contributed by atoms with Gasteiger partial charge in [-0.1, -0.05) is 55.4 Å². The number of hydrogen-bond acceptors (Lipinski definition) is 6. The van der Waals surface area contributed by atoms with E-state index in [0.717, 1.165) is 18.4 Å². The molecule has 2 N–H and O–H groups in total. The average molecular weight is 492 g/mol. The van der Waals surface area contributed by atoms with E-state index in [1.54, 1.807) is 12.1 Å². The zero-order valence-electron chi connectivity index (χ0n) is 16.4. The first-order valence-electron chi connectivity index (χ1n) is 9.50. The molecule has 2 heterocycles. The van der Waals surface area contributed by atoms with Crippen LogP contribution in [0, 0.1) is 0 Å². The Morgan fingerprint density at radius 1 is 1.17 bits per heavy atom. The lowest BCUT2D eigenvalue weighted by atomic mass is 10.2. The molecule has 0 unspecified atom stereocenters. The van der Waals surface area contributed by atoms with Crippen molar-refractivity contribution in [3.05, 3.63) is 52.7 Å². The van der Waals surface area contributed by atoms with Crippen LogP contribution in [0.5, 0.6) is 0 Å². The van der Waals surface area contributed by atoms with Crippen molar-refractivity contribution in [3.8, 4) is 11.6 Å². The highest BCUT2D eigenvalue weighted by atomic mass is 79.9. The SMILES string of the molecule is CCCCNC(=O)NC(=O)CSc1nnc(-c2ccc(Br)o2)n1Cc1ccccc1. The first-order valence-corrected chi connectivity index (χ1v) is 11.3. The fourth-order valence-electron chi connectivity index (χ4n) is 2.64. The molecule has 0 bridgehead atoms. The molecule has 0 aliphatic carbocycles. The fraction of sp³-hybridized carbons (Fsp3) is 0.300. The van der Waals surface area contributed by atoms with Crippen LogP contribution in [0.4, 0.5) is 4.79 Å². The molecule has 30 heavy (non-hydrogen) atoms. The van der Waals surface area contributed by atoms with Gasteiger partial charge in [-0.25, -0.2) is 4.79 Å². The molecule has 3 aromatic rings. The zero-order valence-corrected chi connectivity index (χ0v) is 18.8. The number of rotatable bonds is 9. The quantitative estimate of drug-likeness (QED) is 0.345. The summed E-state index contributed by atoms with van der Waals surface area (Å²) in [5.74, 6) is 0.767. The number of furan rings is 1. The van der Waals surface area contributed by atoms with Crippen molar-refractivity contribution < 1.29 is 14.0 Å². The Balaban J connectivity index is 1.70. The molecule has 0 radical (unpaired) electrons. The van der Waals surface area contributed by atoms with Crippen molar-refractivity contribution in [1.29, 1.82) is 0 Å². The van der Waals surface area contributed by atoms with E-state index in [4.69, 9.17) is 4.42 Å². The van der Waals surface area contributed by atoms with E-state index in [2.05, 4.69) is 36.8 Å². The Bertz CT molecular complexity index is 990. The average Bonchev–Trinajstić information content (AvgIpc) is 3.33. The number of aromatic nitrogens is 3. The Morgan fingerprint density at radius 3 is 2.67 bits per heavy atom. The summed E-state index contributed by atoms with van der Waals surface area (Å²) >= 11 is 4.51. The van der Waals surface area contributed by atoms with Gasteiger partial charge in [0.1, 0.15) is 0 Å². The number of halogens is 1. The minimum Gasteiger partial charge on any atom is -0.446 e. The standard InChI is InChI=1S/C20H22BrN5O3S/c1-2-3-11-22-19(28)23-17(27)13-30-20-25-24-18(15-9-10-16(21)29-15)26(20)12-14-7-5-4-6-8-14/h4-10H,2-3,11-13H2,1H3,(H2,22,23,27,28). The smallest absolute Gasteiger partial charge is 0.321 e. The molecular weight excluding hydrogens is 470 g/mol. The van der Waals surface area contributed by atoms with Crippen molar-refractivity contribution >= 4 is 39.6 Å². The van der Waals surface area contributed by atoms with Crippen molar-refractivity contribution in [2.45, 2.75) is 31.5 Å².